The molecule has 1 aliphatic heterocycles. The first kappa shape index (κ1) is 10.0. The molecule has 0 atom stereocenters. The Morgan fingerprint density at radius 1 is 1.23 bits per heavy atom. The van der Waals surface area contributed by atoms with Gasteiger partial charge in [0.25, 0.3) is 0 Å². The molecule has 1 rings (SSSR count). The Kier molecular flexibility index (Phi) is 2.59. The van der Waals surface area contributed by atoms with Crippen LogP contribution in [0, 0.1) is 0 Å². The van der Waals surface area contributed by atoms with Crippen LogP contribution in [-0.4, -0.2) is 35.5 Å². The number of hydrogen-bond acceptors (Lipinski definition) is 3. The van der Waals surface area contributed by atoms with Crippen molar-refractivity contribution in [2.45, 2.75) is 32.8 Å². The number of likely N-dealkylation sites (tertiary alicyclic amines) is 1. The highest BCUT2D eigenvalue weighted by molar-refractivity contribution is 6.32. The molecule has 0 unspecified atom stereocenters. The summed E-state index contributed by atoms with van der Waals surface area (Å²) >= 11 is 0. The average molecular weight is 185 g/mol. The van der Waals surface area contributed by atoms with Crippen LogP contribution in [-0.2, 0) is 14.3 Å². The molecule has 74 valence electrons. The fourth-order valence-electron chi connectivity index (χ4n) is 0.970. The lowest BCUT2D eigenvalue weighted by Gasteiger charge is -2.30. The monoisotopic (exact) mass is 185 g/mol. The van der Waals surface area contributed by atoms with Crippen LogP contribution in [0.2, 0.25) is 0 Å². The van der Waals surface area contributed by atoms with Crippen molar-refractivity contribution in [1.29, 1.82) is 0 Å². The second-order valence-corrected chi connectivity index (χ2v) is 4.15. The van der Waals surface area contributed by atoms with E-state index in [9.17, 15) is 9.59 Å². The van der Waals surface area contributed by atoms with Gasteiger partial charge in [-0.25, -0.2) is 4.79 Å². The molecule has 0 aromatic carbocycles. The molecule has 0 bridgehead atoms. The van der Waals surface area contributed by atoms with E-state index < -0.39 is 17.5 Å². The molecule has 1 heterocycles. The standard InChI is InChI=1S/C9H15NO3/c1-9(2,3)13-8(12)7(11)10-5-4-6-10/h4-6H2,1-3H3. The maximum atomic E-state index is 11.3. The molecule has 1 saturated heterocycles. The van der Waals surface area contributed by atoms with Gasteiger partial charge in [-0.1, -0.05) is 0 Å². The molecule has 0 aromatic heterocycles. The first-order valence-corrected chi connectivity index (χ1v) is 4.42. The van der Waals surface area contributed by atoms with Gasteiger partial charge >= 0.3 is 11.9 Å². The zero-order valence-corrected chi connectivity index (χ0v) is 8.29. The van der Waals surface area contributed by atoms with Crippen LogP contribution in [0.1, 0.15) is 27.2 Å². The highest BCUT2D eigenvalue weighted by Gasteiger charge is 2.30. The molecular formula is C9H15NO3. The molecule has 0 N–H and O–H groups in total. The van der Waals surface area contributed by atoms with E-state index in [1.165, 1.54) is 4.90 Å². The average Bonchev–Trinajstić information content (AvgIpc) is 1.78. The minimum Gasteiger partial charge on any atom is -0.453 e. The van der Waals surface area contributed by atoms with Gasteiger partial charge in [0.1, 0.15) is 5.60 Å². The van der Waals surface area contributed by atoms with E-state index in [1.807, 2.05) is 0 Å². The zero-order chi connectivity index (χ0) is 10.1. The lowest BCUT2D eigenvalue weighted by Crippen LogP contribution is -2.47. The summed E-state index contributed by atoms with van der Waals surface area (Å²) in [6.07, 6.45) is 0.981. The fourth-order valence-corrected chi connectivity index (χ4v) is 0.970. The third-order valence-electron chi connectivity index (χ3n) is 1.72. The van der Waals surface area contributed by atoms with Crippen molar-refractivity contribution in [2.75, 3.05) is 13.1 Å². The van der Waals surface area contributed by atoms with Crippen molar-refractivity contribution in [3.8, 4) is 0 Å². The van der Waals surface area contributed by atoms with E-state index in [4.69, 9.17) is 4.74 Å². The molecule has 0 spiro atoms. The van der Waals surface area contributed by atoms with Gasteiger partial charge in [-0.3, -0.25) is 4.79 Å². The predicted octanol–water partition coefficient (Wildman–Crippen LogP) is 0.560. The molecule has 0 aliphatic carbocycles. The van der Waals surface area contributed by atoms with E-state index >= 15 is 0 Å². The summed E-state index contributed by atoms with van der Waals surface area (Å²) < 4.78 is 4.93. The number of carbonyl (C=O) groups excluding carboxylic acids is 2. The Hall–Kier alpha value is -1.06. The van der Waals surface area contributed by atoms with Crippen molar-refractivity contribution in [3.05, 3.63) is 0 Å². The van der Waals surface area contributed by atoms with Crippen molar-refractivity contribution < 1.29 is 14.3 Å². The Balaban J connectivity index is 2.43. The van der Waals surface area contributed by atoms with E-state index in [0.29, 0.717) is 13.1 Å². The highest BCUT2D eigenvalue weighted by Crippen LogP contribution is 2.11. The summed E-state index contributed by atoms with van der Waals surface area (Å²) in [7, 11) is 0. The van der Waals surface area contributed by atoms with Crippen molar-refractivity contribution in [3.63, 3.8) is 0 Å². The number of hydrogen-bond donors (Lipinski definition) is 0. The van der Waals surface area contributed by atoms with Crippen LogP contribution in [0.4, 0.5) is 0 Å². The van der Waals surface area contributed by atoms with Crippen molar-refractivity contribution >= 4 is 11.9 Å². The van der Waals surface area contributed by atoms with Gasteiger partial charge in [0.2, 0.25) is 0 Å². The maximum absolute atomic E-state index is 11.3. The van der Waals surface area contributed by atoms with Crippen molar-refractivity contribution in [2.24, 2.45) is 0 Å². The molecule has 4 heteroatoms. The van der Waals surface area contributed by atoms with Gasteiger partial charge in [0.05, 0.1) is 0 Å². The third kappa shape index (κ3) is 2.72. The van der Waals surface area contributed by atoms with E-state index in [2.05, 4.69) is 0 Å². The zero-order valence-electron chi connectivity index (χ0n) is 8.29. The number of ether oxygens (including phenoxy) is 1. The van der Waals surface area contributed by atoms with E-state index in [1.54, 1.807) is 20.8 Å². The minimum absolute atomic E-state index is 0.513. The van der Waals surface area contributed by atoms with Crippen LogP contribution in [0.3, 0.4) is 0 Å². The Morgan fingerprint density at radius 3 is 2.08 bits per heavy atom. The summed E-state index contributed by atoms with van der Waals surface area (Å²) in [6, 6.07) is 0. The summed E-state index contributed by atoms with van der Waals surface area (Å²) in [5.41, 5.74) is -0.586. The third-order valence-corrected chi connectivity index (χ3v) is 1.72. The number of amides is 1. The van der Waals surface area contributed by atoms with Crippen LogP contribution in [0.5, 0.6) is 0 Å². The van der Waals surface area contributed by atoms with Gasteiger partial charge < -0.3 is 9.64 Å². The normalized spacial score (nSPS) is 16.4. The van der Waals surface area contributed by atoms with Gasteiger partial charge in [-0.2, -0.15) is 0 Å². The first-order chi connectivity index (χ1) is 5.90. The molecule has 0 aromatic rings. The number of rotatable bonds is 0. The Morgan fingerprint density at radius 2 is 1.77 bits per heavy atom. The van der Waals surface area contributed by atoms with Crippen LogP contribution in [0.25, 0.3) is 0 Å². The van der Waals surface area contributed by atoms with Gasteiger partial charge in [-0.05, 0) is 27.2 Å². The summed E-state index contributed by atoms with van der Waals surface area (Å²) in [5.74, 6) is -1.26. The quantitative estimate of drug-likeness (QED) is 0.409. The van der Waals surface area contributed by atoms with Crippen LogP contribution < -0.4 is 0 Å². The molecule has 4 nitrogen and oxygen atoms in total. The lowest BCUT2D eigenvalue weighted by atomic mass is 10.2. The molecule has 13 heavy (non-hydrogen) atoms. The van der Waals surface area contributed by atoms with E-state index in [0.717, 1.165) is 6.42 Å². The van der Waals surface area contributed by atoms with Gasteiger partial charge in [0, 0.05) is 13.1 Å². The SMILES string of the molecule is CC(C)(C)OC(=O)C(=O)N1CCC1. The topological polar surface area (TPSA) is 46.6 Å². The summed E-state index contributed by atoms with van der Waals surface area (Å²) in [6.45, 7) is 6.59. The maximum Gasteiger partial charge on any atom is 0.397 e. The lowest BCUT2D eigenvalue weighted by molar-refractivity contribution is -0.169. The Labute approximate surface area is 77.8 Å². The number of esters is 1. The molecule has 0 saturated carbocycles. The molecule has 1 fully saturated rings. The van der Waals surface area contributed by atoms with E-state index in [-0.39, 0.29) is 0 Å². The number of nitrogens with zero attached hydrogens (tertiary/aromatic N) is 1. The van der Waals surface area contributed by atoms with Crippen LogP contribution in [0.15, 0.2) is 0 Å². The van der Waals surface area contributed by atoms with Gasteiger partial charge in [0.15, 0.2) is 0 Å². The second kappa shape index (κ2) is 3.36. The largest absolute Gasteiger partial charge is 0.453 e. The molecule has 0 radical (unpaired) electrons. The second-order valence-electron chi connectivity index (χ2n) is 4.15. The smallest absolute Gasteiger partial charge is 0.397 e. The fraction of sp³-hybridized carbons (Fsp3) is 0.778. The summed E-state index contributed by atoms with van der Waals surface area (Å²) in [4.78, 5) is 23.9. The number of carbonyl (C=O) groups is 2. The molecular weight excluding hydrogens is 170 g/mol. The van der Waals surface area contributed by atoms with Crippen molar-refractivity contribution in [1.82, 2.24) is 4.90 Å². The van der Waals surface area contributed by atoms with Gasteiger partial charge in [-0.15, -0.1) is 0 Å². The molecule has 1 aliphatic rings. The Bertz CT molecular complexity index is 226. The molecule has 1 amide bonds. The summed E-state index contributed by atoms with van der Waals surface area (Å²) in [5, 5.41) is 0. The minimum atomic E-state index is -0.743. The highest BCUT2D eigenvalue weighted by atomic mass is 16.6. The predicted molar refractivity (Wildman–Crippen MR) is 47.0 cm³/mol. The van der Waals surface area contributed by atoms with Crippen LogP contribution >= 0.6 is 0 Å². The first-order valence-electron chi connectivity index (χ1n) is 4.42.